The number of ether oxygens (including phenoxy) is 2. The topological polar surface area (TPSA) is 152 Å². The van der Waals surface area contributed by atoms with Gasteiger partial charge in [-0.15, -0.1) is 5.10 Å². The van der Waals surface area contributed by atoms with Gasteiger partial charge in [0, 0.05) is 6.07 Å². The number of carbonyl (C=O) groups excluding carboxylic acids is 1. The zero-order chi connectivity index (χ0) is 18.1. The second-order valence-electron chi connectivity index (χ2n) is 5.27. The summed E-state index contributed by atoms with van der Waals surface area (Å²) in [5.74, 6) is 0.0891. The Kier molecular flexibility index (Phi) is 5.01. The van der Waals surface area contributed by atoms with Crippen molar-refractivity contribution in [1.29, 1.82) is 0 Å². The Hall–Kier alpha value is -2.05. The lowest BCUT2D eigenvalue weighted by atomic mass is 10.1. The summed E-state index contributed by atoms with van der Waals surface area (Å²) in [4.78, 5) is 15.7. The molecule has 0 radical (unpaired) electrons. The Morgan fingerprint density at radius 1 is 1.48 bits per heavy atom. The first kappa shape index (κ1) is 17.8. The zero-order valence-electron chi connectivity index (χ0n) is 13.0. The molecule has 0 bridgehead atoms. The molecular formula is C13H16ClN5O6. The van der Waals surface area contributed by atoms with Gasteiger partial charge in [0.1, 0.15) is 24.1 Å². The molecule has 11 nitrogen and oxygen atoms in total. The minimum atomic E-state index is -1.36. The van der Waals surface area contributed by atoms with Gasteiger partial charge >= 0.3 is 6.09 Å². The van der Waals surface area contributed by atoms with Gasteiger partial charge in [-0.3, -0.25) is 5.32 Å². The Labute approximate surface area is 146 Å². The number of hydrogen-bond donors (Lipinski definition) is 4. The maximum atomic E-state index is 11.5. The van der Waals surface area contributed by atoms with E-state index in [1.165, 1.54) is 6.07 Å². The quantitative estimate of drug-likeness (QED) is 0.563. The molecule has 4 atom stereocenters. The number of carbonyl (C=O) groups is 1. The number of aliphatic hydroxyl groups is 3. The van der Waals surface area contributed by atoms with Gasteiger partial charge in [0.05, 0.1) is 18.2 Å². The lowest BCUT2D eigenvalue weighted by molar-refractivity contribution is -0.0574. The van der Waals surface area contributed by atoms with E-state index in [-0.39, 0.29) is 28.6 Å². The number of aromatic nitrogens is 4. The Bertz CT molecular complexity index is 786. The molecule has 12 heteroatoms. The highest BCUT2D eigenvalue weighted by Gasteiger charge is 2.44. The molecule has 0 aromatic carbocycles. The van der Waals surface area contributed by atoms with Crippen molar-refractivity contribution in [2.75, 3.05) is 18.5 Å². The summed E-state index contributed by atoms with van der Waals surface area (Å²) in [6.07, 6.45) is -5.47. The highest BCUT2D eigenvalue weighted by molar-refractivity contribution is 6.35. The molecule has 136 valence electrons. The summed E-state index contributed by atoms with van der Waals surface area (Å²) < 4.78 is 11.3. The number of fused-ring (bicyclic) bond motifs is 1. The fourth-order valence-electron chi connectivity index (χ4n) is 2.47. The van der Waals surface area contributed by atoms with Crippen molar-refractivity contribution >= 4 is 34.7 Å². The smallest absolute Gasteiger partial charge is 0.412 e. The van der Waals surface area contributed by atoms with Crippen LogP contribution < -0.4 is 5.32 Å². The van der Waals surface area contributed by atoms with Crippen LogP contribution in [0.25, 0.3) is 11.2 Å². The predicted molar refractivity (Wildman–Crippen MR) is 84.0 cm³/mol. The molecule has 0 unspecified atom stereocenters. The van der Waals surface area contributed by atoms with Gasteiger partial charge in [-0.2, -0.15) is 4.68 Å². The normalized spacial score (nSPS) is 26.1. The van der Waals surface area contributed by atoms with Gasteiger partial charge in [0.25, 0.3) is 0 Å². The highest BCUT2D eigenvalue weighted by Crippen LogP contribution is 2.32. The van der Waals surface area contributed by atoms with Crippen molar-refractivity contribution in [1.82, 2.24) is 20.0 Å². The van der Waals surface area contributed by atoms with Crippen molar-refractivity contribution in [2.24, 2.45) is 0 Å². The third-order valence-corrected chi connectivity index (χ3v) is 3.94. The molecular weight excluding hydrogens is 358 g/mol. The highest BCUT2D eigenvalue weighted by atomic mass is 35.5. The van der Waals surface area contributed by atoms with E-state index in [2.05, 4.69) is 20.6 Å². The molecule has 1 amide bonds. The summed E-state index contributed by atoms with van der Waals surface area (Å²) in [7, 11) is 0. The van der Waals surface area contributed by atoms with Gasteiger partial charge < -0.3 is 24.8 Å². The van der Waals surface area contributed by atoms with Crippen molar-refractivity contribution in [3.8, 4) is 0 Å². The van der Waals surface area contributed by atoms with Gasteiger partial charge in [0.2, 0.25) is 0 Å². The average Bonchev–Trinajstić information content (AvgIpc) is 3.10. The van der Waals surface area contributed by atoms with Crippen LogP contribution in [-0.2, 0) is 9.47 Å². The van der Waals surface area contributed by atoms with Crippen molar-refractivity contribution < 1.29 is 29.6 Å². The van der Waals surface area contributed by atoms with E-state index in [1.807, 2.05) is 0 Å². The van der Waals surface area contributed by atoms with Gasteiger partial charge in [0.15, 0.2) is 17.4 Å². The zero-order valence-corrected chi connectivity index (χ0v) is 13.8. The Morgan fingerprint density at radius 2 is 2.24 bits per heavy atom. The maximum absolute atomic E-state index is 11.5. The molecule has 2 aromatic heterocycles. The van der Waals surface area contributed by atoms with Crippen LogP contribution >= 0.6 is 11.6 Å². The SMILES string of the molecule is CCOC(=O)Nc1cc(Cl)c2nnn([C@@H]3O[C@H](CO)[C@@H](O)[C@H]3O)c2n1. The number of nitrogens with zero attached hydrogens (tertiary/aromatic N) is 4. The van der Waals surface area contributed by atoms with E-state index in [9.17, 15) is 20.1 Å². The van der Waals surface area contributed by atoms with Crippen LogP contribution in [0.5, 0.6) is 0 Å². The van der Waals surface area contributed by atoms with Gasteiger partial charge in [-0.05, 0) is 6.92 Å². The molecule has 0 aliphatic carbocycles. The van der Waals surface area contributed by atoms with E-state index >= 15 is 0 Å². The summed E-state index contributed by atoms with van der Waals surface area (Å²) in [6.45, 7) is 1.36. The molecule has 3 heterocycles. The summed E-state index contributed by atoms with van der Waals surface area (Å²) in [5.41, 5.74) is 0.336. The molecule has 25 heavy (non-hydrogen) atoms. The maximum Gasteiger partial charge on any atom is 0.412 e. The first-order chi connectivity index (χ1) is 12.0. The second-order valence-corrected chi connectivity index (χ2v) is 5.68. The third-order valence-electron chi connectivity index (χ3n) is 3.65. The van der Waals surface area contributed by atoms with Crippen molar-refractivity contribution in [3.05, 3.63) is 11.1 Å². The minimum Gasteiger partial charge on any atom is -0.450 e. The predicted octanol–water partition coefficient (Wildman–Crippen LogP) is -0.340. The lowest BCUT2D eigenvalue weighted by Gasteiger charge is -2.15. The van der Waals surface area contributed by atoms with Crippen LogP contribution in [0.4, 0.5) is 10.6 Å². The number of nitrogens with one attached hydrogen (secondary N) is 1. The van der Waals surface area contributed by atoms with E-state index in [1.54, 1.807) is 6.92 Å². The monoisotopic (exact) mass is 373 g/mol. The fourth-order valence-corrected chi connectivity index (χ4v) is 2.70. The molecule has 1 saturated heterocycles. The summed E-state index contributed by atoms with van der Waals surface area (Å²) in [5, 5.41) is 39.5. The first-order valence-electron chi connectivity index (χ1n) is 7.44. The molecule has 2 aromatic rings. The molecule has 3 rings (SSSR count). The number of halogens is 1. The molecule has 1 fully saturated rings. The minimum absolute atomic E-state index is 0.0891. The fraction of sp³-hybridized carbons (Fsp3) is 0.538. The number of amides is 1. The molecule has 0 spiro atoms. The largest absolute Gasteiger partial charge is 0.450 e. The molecule has 1 aliphatic heterocycles. The lowest BCUT2D eigenvalue weighted by Crippen LogP contribution is -2.33. The van der Waals surface area contributed by atoms with Crippen LogP contribution in [0.1, 0.15) is 13.2 Å². The number of pyridine rings is 1. The molecule has 0 saturated carbocycles. The number of anilines is 1. The number of rotatable bonds is 4. The second kappa shape index (κ2) is 7.06. The first-order valence-corrected chi connectivity index (χ1v) is 7.81. The van der Waals surface area contributed by atoms with Crippen LogP contribution in [0.2, 0.25) is 5.02 Å². The molecule has 4 N–H and O–H groups in total. The van der Waals surface area contributed by atoms with Crippen LogP contribution in [0, 0.1) is 0 Å². The van der Waals surface area contributed by atoms with Crippen molar-refractivity contribution in [2.45, 2.75) is 31.5 Å². The molecule has 1 aliphatic rings. The Morgan fingerprint density at radius 3 is 2.88 bits per heavy atom. The van der Waals surface area contributed by atoms with E-state index in [4.69, 9.17) is 21.1 Å². The number of aliphatic hydroxyl groups excluding tert-OH is 3. The van der Waals surface area contributed by atoms with Crippen LogP contribution in [-0.4, -0.2) is 72.9 Å². The third kappa shape index (κ3) is 3.24. The average molecular weight is 374 g/mol. The standard InChI is InChI=1S/C13H16ClN5O6/c1-2-24-13(23)16-7-3-5(14)8-11(15-7)19(18-17-8)12-10(22)9(21)6(4-20)25-12/h3,6,9-10,12,20-22H,2,4H2,1H3,(H,15,16,23)/t6-,9-,10-,12-/m1/s1. The van der Waals surface area contributed by atoms with Crippen LogP contribution in [0.3, 0.4) is 0 Å². The van der Waals surface area contributed by atoms with E-state index < -0.39 is 37.2 Å². The van der Waals surface area contributed by atoms with Gasteiger partial charge in [-0.25, -0.2) is 9.78 Å². The summed E-state index contributed by atoms with van der Waals surface area (Å²) in [6, 6.07) is 1.37. The van der Waals surface area contributed by atoms with Crippen molar-refractivity contribution in [3.63, 3.8) is 0 Å². The van der Waals surface area contributed by atoms with Gasteiger partial charge in [-0.1, -0.05) is 16.8 Å². The summed E-state index contributed by atoms with van der Waals surface area (Å²) >= 11 is 6.12. The number of hydrogen-bond acceptors (Lipinski definition) is 9. The van der Waals surface area contributed by atoms with Crippen LogP contribution in [0.15, 0.2) is 6.07 Å². The van der Waals surface area contributed by atoms with E-state index in [0.29, 0.717) is 0 Å². The van der Waals surface area contributed by atoms with E-state index in [0.717, 1.165) is 4.68 Å². The Balaban J connectivity index is 1.97.